The maximum atomic E-state index is 13.3. The van der Waals surface area contributed by atoms with Crippen molar-refractivity contribution in [2.24, 2.45) is 28.6 Å². The van der Waals surface area contributed by atoms with Crippen molar-refractivity contribution in [3.8, 4) is 0 Å². The summed E-state index contributed by atoms with van der Waals surface area (Å²) in [5.74, 6) is -0.767. The quantitative estimate of drug-likeness (QED) is 0.0622. The normalized spacial score (nSPS) is 53.6. The van der Waals surface area contributed by atoms with Gasteiger partial charge in [0.05, 0.1) is 48.1 Å². The number of aliphatic hydroxyl groups is 9. The van der Waals surface area contributed by atoms with E-state index in [1.165, 1.54) is 7.11 Å². The van der Waals surface area contributed by atoms with Crippen LogP contribution >= 0.6 is 0 Å². The minimum atomic E-state index is -1.75. The summed E-state index contributed by atoms with van der Waals surface area (Å²) in [6.45, 7) is 2.86. The van der Waals surface area contributed by atoms with E-state index in [1.54, 1.807) is 13.0 Å². The fourth-order valence-corrected chi connectivity index (χ4v) is 12.9. The number of aldehydes is 1. The lowest BCUT2D eigenvalue weighted by Gasteiger charge is -2.65. The number of esters is 1. The summed E-state index contributed by atoms with van der Waals surface area (Å²) in [7, 11) is 1.47. The van der Waals surface area contributed by atoms with Gasteiger partial charge >= 0.3 is 5.97 Å². The number of aliphatic hydroxyl groups excluding tert-OH is 7. The average molecular weight is 873 g/mol. The van der Waals surface area contributed by atoms with E-state index >= 15 is 0 Å². The maximum absolute atomic E-state index is 13.3. The Morgan fingerprint density at radius 3 is 2.18 bits per heavy atom. The van der Waals surface area contributed by atoms with Gasteiger partial charge in [0.25, 0.3) is 0 Å². The first-order chi connectivity index (χ1) is 28.9. The number of rotatable bonds is 11. The van der Waals surface area contributed by atoms with Crippen molar-refractivity contribution in [3.05, 3.63) is 11.6 Å². The molecule has 4 heterocycles. The smallest absolute Gasteiger partial charge is 0.331 e. The average Bonchev–Trinajstić information content (AvgIpc) is 3.79. The Hall–Kier alpha value is -1.76. The van der Waals surface area contributed by atoms with Crippen molar-refractivity contribution in [2.75, 3.05) is 26.9 Å². The molecule has 0 spiro atoms. The number of hydrogen-bond acceptors (Lipinski definition) is 19. The van der Waals surface area contributed by atoms with Gasteiger partial charge in [-0.2, -0.15) is 0 Å². The van der Waals surface area contributed by atoms with Crippen LogP contribution < -0.4 is 0 Å². The molecule has 19 nitrogen and oxygen atoms in total. The highest BCUT2D eigenvalue weighted by Crippen LogP contribution is 2.70. The number of methoxy groups -OCH3 is 1. The molecule has 0 radical (unpaired) electrons. The van der Waals surface area contributed by atoms with Gasteiger partial charge in [0.2, 0.25) is 0 Å². The maximum Gasteiger partial charge on any atom is 0.331 e. The minimum absolute atomic E-state index is 0.00485. The van der Waals surface area contributed by atoms with Crippen molar-refractivity contribution in [1.29, 1.82) is 0 Å². The summed E-state index contributed by atoms with van der Waals surface area (Å²) in [4.78, 5) is 25.3. The molecule has 61 heavy (non-hydrogen) atoms. The molecule has 22 atom stereocenters. The zero-order chi connectivity index (χ0) is 43.8. The second-order valence-corrected chi connectivity index (χ2v) is 19.2. The highest BCUT2D eigenvalue weighted by atomic mass is 16.8. The lowest BCUT2D eigenvalue weighted by atomic mass is 9.41. The monoisotopic (exact) mass is 872 g/mol. The molecule has 3 saturated heterocycles. The van der Waals surface area contributed by atoms with Crippen molar-refractivity contribution in [3.63, 3.8) is 0 Å². The standard InChI is InChI=1S/C42H64O19/c1-19-36(61-38-35(51)33(49)31(47)27(60-38)17-56-37-34(50)32(48)30(46)26(15-43)59-37)25(54-3)13-29(57-19)58-21-4-9-40(18-44)23-5-8-39(2)22(20-12-28(45)55-16-20)7-11-42(39,53)24(23)6-10-41(40,52)14-21/h12,18-19,21-27,29-38,43,46-53H,4-11,13-17H2,1-3H3/t19-,21+,22?,23?,24-,25+,26-,27-,29+,30-,31-,32+,33+,34-,35-,36-,37-,38+,39-,40+,41+,42+/m1/s1. The molecule has 2 unspecified atom stereocenters. The molecular weight excluding hydrogens is 808 g/mol. The molecule has 9 N–H and O–H groups in total. The number of carbonyl (C=O) groups is 2. The molecule has 4 aliphatic carbocycles. The Bertz CT molecular complexity index is 1630. The highest BCUT2D eigenvalue weighted by Gasteiger charge is 2.71. The van der Waals surface area contributed by atoms with E-state index in [1.807, 2.05) is 0 Å². The molecule has 8 rings (SSSR count). The Balaban J connectivity index is 0.886. The van der Waals surface area contributed by atoms with Gasteiger partial charge in [0.15, 0.2) is 18.9 Å². The summed E-state index contributed by atoms with van der Waals surface area (Å²) in [6.07, 6.45) is -12.2. The number of cyclic esters (lactones) is 1. The number of hydrogen-bond donors (Lipinski definition) is 9. The van der Waals surface area contributed by atoms with Crippen LogP contribution in [0.2, 0.25) is 0 Å². The summed E-state index contributed by atoms with van der Waals surface area (Å²) >= 11 is 0. The third-order valence-corrected chi connectivity index (χ3v) is 16.3. The highest BCUT2D eigenvalue weighted by molar-refractivity contribution is 5.85. The first-order valence-corrected chi connectivity index (χ1v) is 21.8. The summed E-state index contributed by atoms with van der Waals surface area (Å²) in [5, 5.41) is 97.4. The predicted octanol–water partition coefficient (Wildman–Crippen LogP) is -1.92. The van der Waals surface area contributed by atoms with Crippen LogP contribution in [0.25, 0.3) is 0 Å². The second kappa shape index (κ2) is 17.2. The first kappa shape index (κ1) is 45.8. The van der Waals surface area contributed by atoms with Gasteiger partial charge in [0.1, 0.15) is 67.8 Å². The van der Waals surface area contributed by atoms with E-state index in [-0.39, 0.29) is 43.2 Å². The van der Waals surface area contributed by atoms with Crippen LogP contribution in [0.4, 0.5) is 0 Å². The third kappa shape index (κ3) is 7.55. The Labute approximate surface area is 353 Å². The summed E-state index contributed by atoms with van der Waals surface area (Å²) in [6, 6.07) is 0. The molecule has 0 aromatic heterocycles. The fourth-order valence-electron chi connectivity index (χ4n) is 12.9. The van der Waals surface area contributed by atoms with E-state index in [4.69, 9.17) is 37.9 Å². The van der Waals surface area contributed by atoms with Gasteiger partial charge in [-0.25, -0.2) is 4.79 Å². The Morgan fingerprint density at radius 1 is 0.820 bits per heavy atom. The zero-order valence-corrected chi connectivity index (χ0v) is 34.8. The topological polar surface area (TPSA) is 290 Å². The predicted molar refractivity (Wildman–Crippen MR) is 203 cm³/mol. The lowest BCUT2D eigenvalue weighted by molar-refractivity contribution is -0.355. The van der Waals surface area contributed by atoms with Gasteiger partial charge in [-0.05, 0) is 81.6 Å². The van der Waals surface area contributed by atoms with E-state index < -0.39 is 127 Å². The number of ether oxygens (including phenoxy) is 8. The van der Waals surface area contributed by atoms with Crippen LogP contribution in [0.1, 0.15) is 78.1 Å². The van der Waals surface area contributed by atoms with Crippen LogP contribution in [0.5, 0.6) is 0 Å². The van der Waals surface area contributed by atoms with E-state index in [2.05, 4.69) is 6.92 Å². The van der Waals surface area contributed by atoms with Crippen molar-refractivity contribution in [1.82, 2.24) is 0 Å². The molecule has 0 aromatic rings. The van der Waals surface area contributed by atoms with Gasteiger partial charge in [0, 0.05) is 31.4 Å². The van der Waals surface area contributed by atoms with Crippen molar-refractivity contribution in [2.45, 2.75) is 181 Å². The van der Waals surface area contributed by atoms with E-state index in [0.29, 0.717) is 44.9 Å². The third-order valence-electron chi connectivity index (χ3n) is 16.3. The van der Waals surface area contributed by atoms with Crippen LogP contribution in [-0.4, -0.2) is 188 Å². The number of carbonyl (C=O) groups excluding carboxylic acids is 2. The van der Waals surface area contributed by atoms with E-state index in [0.717, 1.165) is 18.3 Å². The Morgan fingerprint density at radius 2 is 1.51 bits per heavy atom. The molecule has 4 aliphatic heterocycles. The molecule has 4 saturated carbocycles. The SMILES string of the molecule is CO[C@H]1C[C@H](O[C@H]2CC[C@]3(C=O)C4CC[C@]5(C)C(C6=CC(=O)OC6)CC[C@]5(O)[C@@H]4CC[C@]3(O)C2)O[C@H](C)[C@H]1O[C@@H]1O[C@H](CO[C@@H]2O[C@H](CO)[C@@H](O)[C@H](O)[C@H]2O)[C@@H](O)[C@H](O)[C@H]1O. The largest absolute Gasteiger partial charge is 0.458 e. The fraction of sp³-hybridized carbons (Fsp3) is 0.905. The molecule has 0 aromatic carbocycles. The zero-order valence-electron chi connectivity index (χ0n) is 34.8. The summed E-state index contributed by atoms with van der Waals surface area (Å²) in [5.41, 5.74) is -3.06. The van der Waals surface area contributed by atoms with Gasteiger partial charge in [-0.3, -0.25) is 0 Å². The van der Waals surface area contributed by atoms with Crippen LogP contribution in [0.15, 0.2) is 11.6 Å². The van der Waals surface area contributed by atoms with E-state index in [9.17, 15) is 55.5 Å². The van der Waals surface area contributed by atoms with Gasteiger partial charge < -0.3 is 88.6 Å². The number of fused-ring (bicyclic) bond motifs is 5. The van der Waals surface area contributed by atoms with Crippen LogP contribution in [0, 0.1) is 28.6 Å². The van der Waals surface area contributed by atoms with Gasteiger partial charge in [-0.15, -0.1) is 0 Å². The van der Waals surface area contributed by atoms with Crippen molar-refractivity contribution < 1.29 is 93.4 Å². The van der Waals surface area contributed by atoms with Crippen LogP contribution in [0.3, 0.4) is 0 Å². The molecular formula is C42H64O19. The molecule has 0 amide bonds. The van der Waals surface area contributed by atoms with Crippen molar-refractivity contribution >= 4 is 12.3 Å². The molecule has 0 bridgehead atoms. The molecule has 19 heteroatoms. The Kier molecular flexibility index (Phi) is 12.9. The van der Waals surface area contributed by atoms with Gasteiger partial charge in [-0.1, -0.05) is 6.92 Å². The molecule has 346 valence electrons. The first-order valence-electron chi connectivity index (χ1n) is 21.8. The summed E-state index contributed by atoms with van der Waals surface area (Å²) < 4.78 is 46.7. The minimum Gasteiger partial charge on any atom is -0.458 e. The lowest BCUT2D eigenvalue weighted by Crippen LogP contribution is -2.69. The molecule has 8 aliphatic rings. The second-order valence-electron chi connectivity index (χ2n) is 19.2. The van der Waals surface area contributed by atoms with Crippen LogP contribution in [-0.2, 0) is 47.5 Å². The molecule has 7 fully saturated rings.